The van der Waals surface area contributed by atoms with E-state index in [2.05, 4.69) is 72.8 Å². The van der Waals surface area contributed by atoms with Crippen LogP contribution in [0.4, 0.5) is 0 Å². The van der Waals surface area contributed by atoms with E-state index in [0.717, 1.165) is 82.8 Å². The lowest BCUT2D eigenvalue weighted by molar-refractivity contribution is 0.668. The Hall–Kier alpha value is -6.85. The van der Waals surface area contributed by atoms with E-state index in [9.17, 15) is 0 Å². The summed E-state index contributed by atoms with van der Waals surface area (Å²) in [6.07, 6.45) is 0. The Morgan fingerprint density at radius 3 is 1.56 bits per heavy atom. The molecule has 0 unspecified atom stereocenters. The van der Waals surface area contributed by atoms with Gasteiger partial charge in [-0.05, 0) is 58.7 Å². The molecule has 0 atom stereocenters. The average molecular weight is 642 g/mol. The van der Waals surface area contributed by atoms with Crippen molar-refractivity contribution in [3.05, 3.63) is 164 Å². The molecule has 0 aliphatic rings. The van der Waals surface area contributed by atoms with Crippen LogP contribution in [0.25, 0.3) is 100 Å². The maximum Gasteiger partial charge on any atom is 0.164 e. The first kappa shape index (κ1) is 28.2. The maximum atomic E-state index is 6.56. The second-order valence-electron chi connectivity index (χ2n) is 12.4. The van der Waals surface area contributed by atoms with E-state index in [1.165, 1.54) is 0 Å². The molecule has 0 aliphatic heterocycles. The summed E-state index contributed by atoms with van der Waals surface area (Å²) in [5.74, 6) is 1.84. The lowest BCUT2D eigenvalue weighted by Gasteiger charge is -2.09. The van der Waals surface area contributed by atoms with E-state index in [1.807, 2.05) is 91.0 Å². The van der Waals surface area contributed by atoms with Crippen molar-refractivity contribution < 1.29 is 8.83 Å². The largest absolute Gasteiger partial charge is 0.456 e. The SMILES string of the molecule is c1ccc(-c2nc(-c3ccccc3)nc(-c3cccc4oc5cc(-c6cc(-c7ccccc7)c7c(c6)oc6ccccc67)ccc5c34)n2)cc1. The molecule has 0 amide bonds. The summed E-state index contributed by atoms with van der Waals surface area (Å²) in [5, 5.41) is 4.19. The minimum atomic E-state index is 0.595. The van der Waals surface area contributed by atoms with Gasteiger partial charge in [0.05, 0.1) is 0 Å². The van der Waals surface area contributed by atoms with Crippen LogP contribution < -0.4 is 0 Å². The second-order valence-corrected chi connectivity index (χ2v) is 12.4. The quantitative estimate of drug-likeness (QED) is 0.187. The van der Waals surface area contributed by atoms with Crippen LogP contribution in [0.2, 0.25) is 0 Å². The molecule has 3 heterocycles. The fourth-order valence-electron chi connectivity index (χ4n) is 6.99. The number of hydrogen-bond acceptors (Lipinski definition) is 5. The van der Waals surface area contributed by atoms with Crippen LogP contribution in [0, 0.1) is 0 Å². The summed E-state index contributed by atoms with van der Waals surface area (Å²) >= 11 is 0. The zero-order valence-electron chi connectivity index (χ0n) is 26.7. The predicted octanol–water partition coefficient (Wildman–Crippen LogP) is 12.0. The van der Waals surface area contributed by atoms with E-state index in [4.69, 9.17) is 23.8 Å². The van der Waals surface area contributed by atoms with Crippen molar-refractivity contribution in [3.8, 4) is 56.4 Å². The van der Waals surface area contributed by atoms with Crippen LogP contribution >= 0.6 is 0 Å². The number of fused-ring (bicyclic) bond motifs is 6. The fraction of sp³-hybridized carbons (Fsp3) is 0. The predicted molar refractivity (Wildman–Crippen MR) is 202 cm³/mol. The second kappa shape index (κ2) is 11.4. The molecule has 0 aliphatic carbocycles. The Bertz CT molecular complexity index is 2800. The molecule has 0 saturated heterocycles. The molecule has 0 radical (unpaired) electrons. The van der Waals surface area contributed by atoms with Gasteiger partial charge in [0.1, 0.15) is 22.3 Å². The van der Waals surface area contributed by atoms with Crippen molar-refractivity contribution in [3.63, 3.8) is 0 Å². The van der Waals surface area contributed by atoms with Crippen molar-refractivity contribution in [2.45, 2.75) is 0 Å². The molecule has 50 heavy (non-hydrogen) atoms. The van der Waals surface area contributed by atoms with E-state index < -0.39 is 0 Å². The van der Waals surface area contributed by atoms with Gasteiger partial charge in [-0.2, -0.15) is 0 Å². The van der Waals surface area contributed by atoms with Gasteiger partial charge < -0.3 is 8.83 Å². The van der Waals surface area contributed by atoms with Gasteiger partial charge in [-0.25, -0.2) is 15.0 Å². The lowest BCUT2D eigenvalue weighted by atomic mass is 9.94. The van der Waals surface area contributed by atoms with Crippen molar-refractivity contribution in [2.24, 2.45) is 0 Å². The standard InChI is InChI=1S/C45H27N3O2/c1-4-13-28(14-5-1)36-25-32(27-40-42(36)33-19-10-11-21-37(33)49-40)31-23-24-34-39(26-31)50-38-22-12-20-35(41(34)38)45-47-43(29-15-6-2-7-16-29)46-44(48-45)30-17-8-3-9-18-30/h1-27H. The van der Waals surface area contributed by atoms with Crippen LogP contribution in [0.3, 0.4) is 0 Å². The lowest BCUT2D eigenvalue weighted by Crippen LogP contribution is -2.00. The Morgan fingerprint density at radius 2 is 0.840 bits per heavy atom. The summed E-state index contributed by atoms with van der Waals surface area (Å²) in [4.78, 5) is 14.9. The van der Waals surface area contributed by atoms with Crippen LogP contribution in [-0.4, -0.2) is 15.0 Å². The monoisotopic (exact) mass is 641 g/mol. The van der Waals surface area contributed by atoms with Gasteiger partial charge in [0, 0.05) is 38.2 Å². The van der Waals surface area contributed by atoms with Gasteiger partial charge in [-0.3, -0.25) is 0 Å². The molecule has 234 valence electrons. The first-order valence-corrected chi connectivity index (χ1v) is 16.6. The molecule has 0 spiro atoms. The summed E-state index contributed by atoms with van der Waals surface area (Å²) in [6.45, 7) is 0. The first-order valence-electron chi connectivity index (χ1n) is 16.6. The third kappa shape index (κ3) is 4.67. The number of rotatable bonds is 5. The van der Waals surface area contributed by atoms with Gasteiger partial charge in [0.15, 0.2) is 17.5 Å². The average Bonchev–Trinajstić information content (AvgIpc) is 3.76. The molecule has 5 nitrogen and oxygen atoms in total. The summed E-state index contributed by atoms with van der Waals surface area (Å²) < 4.78 is 13.0. The van der Waals surface area contributed by atoms with Crippen LogP contribution in [0.1, 0.15) is 0 Å². The van der Waals surface area contributed by atoms with E-state index in [0.29, 0.717) is 17.5 Å². The van der Waals surface area contributed by atoms with Crippen LogP contribution in [-0.2, 0) is 0 Å². The minimum Gasteiger partial charge on any atom is -0.456 e. The van der Waals surface area contributed by atoms with Crippen molar-refractivity contribution in [1.82, 2.24) is 15.0 Å². The number of hydrogen-bond donors (Lipinski definition) is 0. The molecule has 0 bridgehead atoms. The van der Waals surface area contributed by atoms with Gasteiger partial charge in [-0.1, -0.05) is 127 Å². The molecular formula is C45H27N3O2. The van der Waals surface area contributed by atoms with Crippen molar-refractivity contribution in [2.75, 3.05) is 0 Å². The highest BCUT2D eigenvalue weighted by atomic mass is 16.3. The highest BCUT2D eigenvalue weighted by Gasteiger charge is 2.19. The normalized spacial score (nSPS) is 11.6. The third-order valence-corrected chi connectivity index (χ3v) is 9.33. The molecule has 0 saturated carbocycles. The molecule has 0 fully saturated rings. The van der Waals surface area contributed by atoms with E-state index in [1.54, 1.807) is 0 Å². The Kier molecular flexibility index (Phi) is 6.42. The van der Waals surface area contributed by atoms with Crippen molar-refractivity contribution >= 4 is 43.9 Å². The zero-order chi connectivity index (χ0) is 33.0. The van der Waals surface area contributed by atoms with Crippen LogP contribution in [0.5, 0.6) is 0 Å². The fourth-order valence-corrected chi connectivity index (χ4v) is 6.99. The summed E-state index contributed by atoms with van der Waals surface area (Å²) in [6, 6.07) is 55.7. The number of para-hydroxylation sites is 1. The van der Waals surface area contributed by atoms with Gasteiger partial charge in [-0.15, -0.1) is 0 Å². The smallest absolute Gasteiger partial charge is 0.164 e. The Labute approximate surface area is 287 Å². The highest BCUT2D eigenvalue weighted by molar-refractivity contribution is 6.15. The number of furan rings is 2. The Morgan fingerprint density at radius 1 is 0.300 bits per heavy atom. The van der Waals surface area contributed by atoms with E-state index >= 15 is 0 Å². The number of nitrogens with zero attached hydrogens (tertiary/aromatic N) is 3. The highest BCUT2D eigenvalue weighted by Crippen LogP contribution is 2.42. The molecular weight excluding hydrogens is 615 g/mol. The molecule has 10 rings (SSSR count). The van der Waals surface area contributed by atoms with Crippen LogP contribution in [0.15, 0.2) is 173 Å². The van der Waals surface area contributed by atoms with Gasteiger partial charge in [0.25, 0.3) is 0 Å². The topological polar surface area (TPSA) is 65.0 Å². The first-order chi connectivity index (χ1) is 24.8. The molecule has 7 aromatic carbocycles. The van der Waals surface area contributed by atoms with E-state index in [-0.39, 0.29) is 0 Å². The molecule has 0 N–H and O–H groups in total. The summed E-state index contributed by atoms with van der Waals surface area (Å²) in [7, 11) is 0. The summed E-state index contributed by atoms with van der Waals surface area (Å²) in [5.41, 5.74) is 10.4. The minimum absolute atomic E-state index is 0.595. The number of aromatic nitrogens is 3. The molecule has 5 heteroatoms. The third-order valence-electron chi connectivity index (χ3n) is 9.33. The Balaban J connectivity index is 1.15. The molecule has 3 aromatic heterocycles. The van der Waals surface area contributed by atoms with Gasteiger partial charge >= 0.3 is 0 Å². The van der Waals surface area contributed by atoms with Gasteiger partial charge in [0.2, 0.25) is 0 Å². The number of benzene rings is 7. The maximum absolute atomic E-state index is 6.56. The van der Waals surface area contributed by atoms with Crippen molar-refractivity contribution in [1.29, 1.82) is 0 Å². The zero-order valence-corrected chi connectivity index (χ0v) is 26.7. The molecule has 10 aromatic rings.